The normalized spacial score (nSPS) is 12.0. The second-order valence-corrected chi connectivity index (χ2v) is 7.02. The average molecular weight is 402 g/mol. The molecular formula is C20H19FN2O4S. The lowest BCUT2D eigenvalue weighted by atomic mass is 10.1. The van der Waals surface area contributed by atoms with E-state index in [0.717, 1.165) is 11.1 Å². The molecule has 8 heteroatoms. The van der Waals surface area contributed by atoms with Crippen LogP contribution in [0.5, 0.6) is 5.75 Å². The molecular weight excluding hydrogens is 383 g/mol. The van der Waals surface area contributed by atoms with Crippen molar-refractivity contribution >= 4 is 11.1 Å². The van der Waals surface area contributed by atoms with Crippen molar-refractivity contribution in [2.24, 2.45) is 0 Å². The highest BCUT2D eigenvalue weighted by atomic mass is 32.2. The van der Waals surface area contributed by atoms with Crippen molar-refractivity contribution in [1.29, 1.82) is 0 Å². The van der Waals surface area contributed by atoms with Gasteiger partial charge in [0.15, 0.2) is 16.8 Å². The molecule has 0 saturated heterocycles. The van der Waals surface area contributed by atoms with Crippen molar-refractivity contribution < 1.29 is 17.9 Å². The van der Waals surface area contributed by atoms with E-state index < -0.39 is 22.5 Å². The van der Waals surface area contributed by atoms with E-state index in [9.17, 15) is 13.4 Å². The maximum Gasteiger partial charge on any atom is 0.314 e. The molecule has 0 fully saturated rings. The fourth-order valence-electron chi connectivity index (χ4n) is 2.68. The maximum atomic E-state index is 13.2. The number of hydrogen-bond acceptors (Lipinski definition) is 4. The van der Waals surface area contributed by atoms with Gasteiger partial charge in [0, 0.05) is 5.56 Å². The third-order valence-electron chi connectivity index (χ3n) is 4.01. The summed E-state index contributed by atoms with van der Waals surface area (Å²) in [5.41, 5.74) is 1.91. The van der Waals surface area contributed by atoms with Gasteiger partial charge in [-0.25, -0.2) is 8.60 Å². The van der Waals surface area contributed by atoms with Crippen LogP contribution in [-0.2, 0) is 16.8 Å². The van der Waals surface area contributed by atoms with Crippen molar-refractivity contribution in [1.82, 2.24) is 9.78 Å². The molecule has 146 valence electrons. The fraction of sp³-hybridized carbons (Fsp3) is 0.200. The quantitative estimate of drug-likeness (QED) is 0.611. The van der Waals surface area contributed by atoms with Crippen molar-refractivity contribution in [2.75, 3.05) is 6.61 Å². The number of benzene rings is 2. The maximum absolute atomic E-state index is 13.2. The van der Waals surface area contributed by atoms with Crippen LogP contribution < -0.4 is 10.3 Å². The summed E-state index contributed by atoms with van der Waals surface area (Å²) in [6.07, 6.45) is 2.24. The fourth-order valence-corrected chi connectivity index (χ4v) is 3.15. The molecule has 28 heavy (non-hydrogen) atoms. The zero-order valence-corrected chi connectivity index (χ0v) is 16.0. The van der Waals surface area contributed by atoms with Gasteiger partial charge in [-0.1, -0.05) is 31.2 Å². The Morgan fingerprint density at radius 3 is 2.43 bits per heavy atom. The van der Waals surface area contributed by atoms with Crippen LogP contribution >= 0.6 is 0 Å². The lowest BCUT2D eigenvalue weighted by Crippen LogP contribution is -2.24. The molecule has 0 saturated carbocycles. The summed E-state index contributed by atoms with van der Waals surface area (Å²) in [4.78, 5) is 13.0. The van der Waals surface area contributed by atoms with Gasteiger partial charge < -0.3 is 9.29 Å². The Balaban J connectivity index is 2.05. The van der Waals surface area contributed by atoms with E-state index in [1.807, 2.05) is 6.92 Å². The monoisotopic (exact) mass is 402 g/mol. The van der Waals surface area contributed by atoms with Gasteiger partial charge >= 0.3 is 5.56 Å². The first kappa shape index (κ1) is 19.9. The molecule has 0 amide bonds. The Morgan fingerprint density at radius 1 is 1.14 bits per heavy atom. The molecule has 3 rings (SSSR count). The highest BCUT2D eigenvalue weighted by Crippen LogP contribution is 2.27. The van der Waals surface area contributed by atoms with E-state index in [2.05, 4.69) is 5.10 Å². The first-order chi connectivity index (χ1) is 13.5. The van der Waals surface area contributed by atoms with Gasteiger partial charge in [-0.05, 0) is 41.8 Å². The summed E-state index contributed by atoms with van der Waals surface area (Å²) in [5.74, 6) is -0.219. The van der Waals surface area contributed by atoms with Gasteiger partial charge in [0.1, 0.15) is 5.82 Å². The van der Waals surface area contributed by atoms with Crippen molar-refractivity contribution in [3.63, 3.8) is 0 Å². The van der Waals surface area contributed by atoms with Crippen LogP contribution in [0.4, 0.5) is 4.39 Å². The lowest BCUT2D eigenvalue weighted by Gasteiger charge is -2.13. The standard InChI is InChI=1S/C20H19FN2O4S/c1-2-11-27-19-18(15-5-3-14(4-6-15)13-28(25)26)12-22-23(20(19)24)17-9-7-16(21)8-10-17/h3-10,12H,2,11,13H2,1H3,(H,25,26). The minimum atomic E-state index is -1.92. The van der Waals surface area contributed by atoms with E-state index in [1.165, 1.54) is 30.5 Å². The van der Waals surface area contributed by atoms with E-state index in [-0.39, 0.29) is 11.5 Å². The lowest BCUT2D eigenvalue weighted by molar-refractivity contribution is 0.312. The first-order valence-corrected chi connectivity index (χ1v) is 9.95. The number of rotatable bonds is 7. The van der Waals surface area contributed by atoms with Crippen LogP contribution in [0.3, 0.4) is 0 Å². The molecule has 0 aliphatic heterocycles. The van der Waals surface area contributed by atoms with E-state index >= 15 is 0 Å². The number of nitrogens with zero attached hydrogens (tertiary/aromatic N) is 2. The molecule has 6 nitrogen and oxygen atoms in total. The Kier molecular flexibility index (Phi) is 6.33. The molecule has 0 radical (unpaired) electrons. The molecule has 1 aromatic heterocycles. The second-order valence-electron chi connectivity index (χ2n) is 6.09. The molecule has 0 aliphatic rings. The Morgan fingerprint density at radius 2 is 1.82 bits per heavy atom. The minimum Gasteiger partial charge on any atom is -0.487 e. The van der Waals surface area contributed by atoms with Crippen LogP contribution in [0.2, 0.25) is 0 Å². The van der Waals surface area contributed by atoms with Gasteiger partial charge in [0.05, 0.1) is 24.2 Å². The van der Waals surface area contributed by atoms with Gasteiger partial charge in [-0.2, -0.15) is 9.78 Å². The Bertz CT molecular complexity index is 1030. The topological polar surface area (TPSA) is 81.4 Å². The van der Waals surface area contributed by atoms with E-state index in [4.69, 9.17) is 9.29 Å². The summed E-state index contributed by atoms with van der Waals surface area (Å²) in [6, 6.07) is 12.4. The van der Waals surface area contributed by atoms with Crippen LogP contribution in [0.1, 0.15) is 18.9 Å². The summed E-state index contributed by atoms with van der Waals surface area (Å²) >= 11 is -1.92. The molecule has 3 aromatic rings. The van der Waals surface area contributed by atoms with Crippen molar-refractivity contribution in [3.8, 4) is 22.6 Å². The molecule has 0 aliphatic carbocycles. The number of halogens is 1. The SMILES string of the molecule is CCCOc1c(-c2ccc(CS(=O)O)cc2)cnn(-c2ccc(F)cc2)c1=O. The summed E-state index contributed by atoms with van der Waals surface area (Å²) in [7, 11) is 0. The molecule has 1 atom stereocenters. The molecule has 0 spiro atoms. The van der Waals surface area contributed by atoms with Gasteiger partial charge in [0.2, 0.25) is 0 Å². The van der Waals surface area contributed by atoms with Crippen molar-refractivity contribution in [2.45, 2.75) is 19.1 Å². The molecule has 1 unspecified atom stereocenters. The largest absolute Gasteiger partial charge is 0.487 e. The Hall–Kier alpha value is -2.84. The third-order valence-corrected chi connectivity index (χ3v) is 4.59. The second kappa shape index (κ2) is 8.90. The van der Waals surface area contributed by atoms with Crippen LogP contribution in [0, 0.1) is 5.82 Å². The predicted molar refractivity (Wildman–Crippen MR) is 105 cm³/mol. The van der Waals surface area contributed by atoms with Crippen LogP contribution in [0.25, 0.3) is 16.8 Å². The number of aromatic nitrogens is 2. The van der Waals surface area contributed by atoms with Gasteiger partial charge in [-0.3, -0.25) is 4.79 Å². The summed E-state index contributed by atoms with van der Waals surface area (Å²) in [6.45, 7) is 2.29. The van der Waals surface area contributed by atoms with Crippen LogP contribution in [0.15, 0.2) is 59.5 Å². The highest BCUT2D eigenvalue weighted by Gasteiger charge is 2.16. The first-order valence-electron chi connectivity index (χ1n) is 8.67. The van der Waals surface area contributed by atoms with Crippen LogP contribution in [-0.4, -0.2) is 25.1 Å². The zero-order chi connectivity index (χ0) is 20.1. The smallest absolute Gasteiger partial charge is 0.314 e. The third kappa shape index (κ3) is 4.52. The highest BCUT2D eigenvalue weighted by molar-refractivity contribution is 7.78. The predicted octanol–water partition coefficient (Wildman–Crippen LogP) is 3.55. The molecule has 1 N–H and O–H groups in total. The molecule has 1 heterocycles. The average Bonchev–Trinajstić information content (AvgIpc) is 2.68. The van der Waals surface area contributed by atoms with Gasteiger partial charge in [0.25, 0.3) is 0 Å². The molecule has 0 bridgehead atoms. The van der Waals surface area contributed by atoms with Gasteiger partial charge in [-0.15, -0.1) is 0 Å². The van der Waals surface area contributed by atoms with E-state index in [0.29, 0.717) is 29.0 Å². The van der Waals surface area contributed by atoms with Crippen molar-refractivity contribution in [3.05, 3.63) is 76.5 Å². The summed E-state index contributed by atoms with van der Waals surface area (Å²) < 4.78 is 40.0. The summed E-state index contributed by atoms with van der Waals surface area (Å²) in [5, 5.41) is 4.21. The number of hydrogen-bond donors (Lipinski definition) is 1. The zero-order valence-electron chi connectivity index (χ0n) is 15.2. The van der Waals surface area contributed by atoms with E-state index in [1.54, 1.807) is 24.3 Å². The molecule has 2 aromatic carbocycles. The minimum absolute atomic E-state index is 0.0316. The number of ether oxygens (including phenoxy) is 1. The Labute approximate surface area is 163 Å².